The summed E-state index contributed by atoms with van der Waals surface area (Å²) in [5.74, 6) is -0.185. The molecule has 2 fully saturated rings. The Balaban J connectivity index is 1.51. The zero-order chi connectivity index (χ0) is 19.5. The van der Waals surface area contributed by atoms with E-state index in [1.54, 1.807) is 23.5 Å². The lowest BCUT2D eigenvalue weighted by Crippen LogP contribution is -2.39. The predicted molar refractivity (Wildman–Crippen MR) is 121 cm³/mol. The second-order valence-corrected chi connectivity index (χ2v) is 10.1. The van der Waals surface area contributed by atoms with Gasteiger partial charge in [0, 0.05) is 15.8 Å². The van der Waals surface area contributed by atoms with Crippen molar-refractivity contribution in [3.8, 4) is 10.4 Å². The van der Waals surface area contributed by atoms with Crippen molar-refractivity contribution in [3.63, 3.8) is 0 Å². The zero-order valence-corrected chi connectivity index (χ0v) is 18.0. The minimum atomic E-state index is -0.238. The molecule has 2 nitrogen and oxygen atoms in total. The summed E-state index contributed by atoms with van der Waals surface area (Å²) in [6.45, 7) is 0. The Hall–Kier alpha value is -1.50. The summed E-state index contributed by atoms with van der Waals surface area (Å²) in [7, 11) is 0. The van der Waals surface area contributed by atoms with Crippen molar-refractivity contribution < 1.29 is 9.18 Å². The first-order chi connectivity index (χ1) is 13.6. The molecule has 0 radical (unpaired) electrons. The highest BCUT2D eigenvalue weighted by atomic mass is 32.2. The summed E-state index contributed by atoms with van der Waals surface area (Å²) in [4.78, 5) is 17.7. The maximum absolute atomic E-state index is 13.1. The highest BCUT2D eigenvalue weighted by Gasteiger charge is 2.36. The van der Waals surface area contributed by atoms with E-state index in [-0.39, 0.29) is 17.8 Å². The molecular weight excluding hydrogens is 409 g/mol. The topological polar surface area (TPSA) is 20.3 Å². The molecule has 1 saturated heterocycles. The van der Waals surface area contributed by atoms with Crippen LogP contribution in [0.15, 0.2) is 41.3 Å². The second kappa shape index (κ2) is 8.89. The number of carbonyl (C=O) groups is 1. The third kappa shape index (κ3) is 4.39. The fourth-order valence-electron chi connectivity index (χ4n) is 3.82. The molecule has 1 aromatic heterocycles. The number of halogens is 1. The number of rotatable bonds is 3. The number of thiocarbonyl (C=S) groups is 1. The number of amides is 1. The number of thiophene rings is 1. The van der Waals surface area contributed by atoms with Crippen molar-refractivity contribution in [1.29, 1.82) is 0 Å². The molecule has 1 amide bonds. The fourth-order valence-corrected chi connectivity index (χ4v) is 6.24. The molecule has 1 aliphatic carbocycles. The van der Waals surface area contributed by atoms with E-state index in [2.05, 4.69) is 0 Å². The van der Waals surface area contributed by atoms with Gasteiger partial charge in [-0.1, -0.05) is 68.2 Å². The van der Waals surface area contributed by atoms with Crippen LogP contribution in [0.2, 0.25) is 0 Å². The van der Waals surface area contributed by atoms with E-state index in [0.717, 1.165) is 28.2 Å². The zero-order valence-electron chi connectivity index (χ0n) is 15.5. The molecule has 28 heavy (non-hydrogen) atoms. The second-order valence-electron chi connectivity index (χ2n) is 7.26. The minimum absolute atomic E-state index is 0.0531. The van der Waals surface area contributed by atoms with Gasteiger partial charge in [0.2, 0.25) is 0 Å². The van der Waals surface area contributed by atoms with Crippen LogP contribution in [-0.4, -0.2) is 21.2 Å². The number of benzene rings is 1. The minimum Gasteiger partial charge on any atom is -0.290 e. The van der Waals surface area contributed by atoms with Gasteiger partial charge in [0.15, 0.2) is 0 Å². The molecule has 0 atom stereocenters. The normalized spacial score (nSPS) is 20.6. The monoisotopic (exact) mass is 431 g/mol. The number of nitrogens with zero attached hydrogens (tertiary/aromatic N) is 1. The van der Waals surface area contributed by atoms with E-state index in [9.17, 15) is 9.18 Å². The molecule has 2 heterocycles. The molecule has 146 valence electrons. The van der Waals surface area contributed by atoms with Gasteiger partial charge in [0.05, 0.1) is 4.91 Å². The third-order valence-corrected chi connectivity index (χ3v) is 7.70. The van der Waals surface area contributed by atoms with E-state index in [4.69, 9.17) is 12.2 Å². The van der Waals surface area contributed by atoms with Crippen molar-refractivity contribution in [2.24, 2.45) is 0 Å². The fraction of sp³-hybridized carbons (Fsp3) is 0.364. The lowest BCUT2D eigenvalue weighted by Gasteiger charge is -2.28. The van der Waals surface area contributed by atoms with Gasteiger partial charge in [-0.2, -0.15) is 0 Å². The Bertz CT molecular complexity index is 895. The van der Waals surface area contributed by atoms with E-state index < -0.39 is 0 Å². The van der Waals surface area contributed by atoms with Crippen LogP contribution < -0.4 is 0 Å². The number of thioether (sulfide) groups is 1. The van der Waals surface area contributed by atoms with Crippen LogP contribution in [0.25, 0.3) is 16.5 Å². The Morgan fingerprint density at radius 1 is 1.00 bits per heavy atom. The molecule has 0 N–H and O–H groups in total. The predicted octanol–water partition coefficient (Wildman–Crippen LogP) is 6.87. The van der Waals surface area contributed by atoms with Gasteiger partial charge >= 0.3 is 0 Å². The van der Waals surface area contributed by atoms with Crippen molar-refractivity contribution in [2.75, 3.05) is 0 Å². The lowest BCUT2D eigenvalue weighted by atomic mass is 9.96. The van der Waals surface area contributed by atoms with Crippen molar-refractivity contribution in [1.82, 2.24) is 4.90 Å². The van der Waals surface area contributed by atoms with Crippen LogP contribution in [0.5, 0.6) is 0 Å². The molecule has 1 saturated carbocycles. The van der Waals surface area contributed by atoms with Crippen LogP contribution in [0, 0.1) is 5.82 Å². The highest BCUT2D eigenvalue weighted by Crippen LogP contribution is 2.38. The molecule has 2 aliphatic rings. The molecule has 4 rings (SSSR count). The summed E-state index contributed by atoms with van der Waals surface area (Å²) in [5.41, 5.74) is 0.980. The maximum Gasteiger partial charge on any atom is 0.266 e. The first-order valence-corrected chi connectivity index (χ1v) is 11.8. The summed E-state index contributed by atoms with van der Waals surface area (Å²) in [6, 6.07) is 10.8. The van der Waals surface area contributed by atoms with Gasteiger partial charge in [-0.3, -0.25) is 9.69 Å². The van der Waals surface area contributed by atoms with Crippen LogP contribution in [0.1, 0.15) is 49.8 Å². The SMILES string of the molecule is O=C1/C(=C/c2ccc(-c3ccc(F)cc3)s2)SC(=S)N1C1CCCCCCC1. The molecular formula is C22H22FNOS3. The Morgan fingerprint density at radius 2 is 1.68 bits per heavy atom. The van der Waals surface area contributed by atoms with Crippen LogP contribution in [0.3, 0.4) is 0 Å². The molecule has 6 heteroatoms. The summed E-state index contributed by atoms with van der Waals surface area (Å²) in [6.07, 6.45) is 10.2. The standard InChI is InChI=1S/C22H22FNOS3/c23-16-10-8-15(9-11-16)19-13-12-18(27-19)14-20-21(25)24(22(26)28-20)17-6-4-2-1-3-5-7-17/h8-14,17H,1-7H2/b20-14-. The maximum atomic E-state index is 13.1. The lowest BCUT2D eigenvalue weighted by molar-refractivity contribution is -0.123. The Labute approximate surface area is 178 Å². The van der Waals surface area contributed by atoms with Crippen LogP contribution >= 0.6 is 35.3 Å². The van der Waals surface area contributed by atoms with Gasteiger partial charge in [-0.05, 0) is 48.7 Å². The molecule has 2 aromatic rings. The molecule has 0 spiro atoms. The third-order valence-electron chi connectivity index (χ3n) is 5.29. The van der Waals surface area contributed by atoms with Crippen LogP contribution in [-0.2, 0) is 4.79 Å². The number of carbonyl (C=O) groups excluding carboxylic acids is 1. The summed E-state index contributed by atoms with van der Waals surface area (Å²) >= 11 is 8.57. The van der Waals surface area contributed by atoms with Gasteiger partial charge in [-0.15, -0.1) is 11.3 Å². The first kappa shape index (κ1) is 19.8. The van der Waals surface area contributed by atoms with Gasteiger partial charge < -0.3 is 0 Å². The Kier molecular flexibility index (Phi) is 6.28. The smallest absolute Gasteiger partial charge is 0.266 e. The first-order valence-electron chi connectivity index (χ1n) is 9.75. The summed E-state index contributed by atoms with van der Waals surface area (Å²) < 4.78 is 13.8. The van der Waals surface area contributed by atoms with E-state index in [1.165, 1.54) is 56.0 Å². The molecule has 0 bridgehead atoms. The average Bonchev–Trinajstić information content (AvgIpc) is 3.22. The number of hydrogen-bond donors (Lipinski definition) is 0. The quantitative estimate of drug-likeness (QED) is 0.391. The molecule has 0 unspecified atom stereocenters. The molecule has 1 aromatic carbocycles. The average molecular weight is 432 g/mol. The van der Waals surface area contributed by atoms with Gasteiger partial charge in [0.25, 0.3) is 5.91 Å². The largest absolute Gasteiger partial charge is 0.290 e. The van der Waals surface area contributed by atoms with E-state index in [1.807, 2.05) is 23.1 Å². The highest BCUT2D eigenvalue weighted by molar-refractivity contribution is 8.26. The molecule has 1 aliphatic heterocycles. The van der Waals surface area contributed by atoms with E-state index in [0.29, 0.717) is 9.23 Å². The van der Waals surface area contributed by atoms with Crippen molar-refractivity contribution >= 4 is 51.6 Å². The van der Waals surface area contributed by atoms with Gasteiger partial charge in [0.1, 0.15) is 10.1 Å². The Morgan fingerprint density at radius 3 is 2.39 bits per heavy atom. The van der Waals surface area contributed by atoms with E-state index >= 15 is 0 Å². The van der Waals surface area contributed by atoms with Crippen molar-refractivity contribution in [2.45, 2.75) is 51.0 Å². The van der Waals surface area contributed by atoms with Gasteiger partial charge in [-0.25, -0.2) is 4.39 Å². The summed E-state index contributed by atoms with van der Waals surface area (Å²) in [5, 5.41) is 0. The van der Waals surface area contributed by atoms with Crippen molar-refractivity contribution in [3.05, 3.63) is 52.0 Å². The number of hydrogen-bond acceptors (Lipinski definition) is 4. The van der Waals surface area contributed by atoms with Crippen LogP contribution in [0.4, 0.5) is 4.39 Å².